The molecular formula is C15H19N5O. The lowest BCUT2D eigenvalue weighted by atomic mass is 9.99. The molecule has 0 radical (unpaired) electrons. The second-order valence-corrected chi connectivity index (χ2v) is 5.36. The molecule has 6 heteroatoms. The lowest BCUT2D eigenvalue weighted by Gasteiger charge is -2.30. The molecule has 1 saturated heterocycles. The fourth-order valence-electron chi connectivity index (χ4n) is 2.62. The zero-order valence-corrected chi connectivity index (χ0v) is 12.0. The molecule has 1 aromatic carbocycles. The maximum absolute atomic E-state index is 12.4. The van der Waals surface area contributed by atoms with Crippen molar-refractivity contribution in [2.24, 2.45) is 0 Å². The molecule has 1 aliphatic rings. The van der Waals surface area contributed by atoms with Gasteiger partial charge in [-0.15, -0.1) is 0 Å². The molecule has 0 spiro atoms. The van der Waals surface area contributed by atoms with E-state index in [0.717, 1.165) is 25.1 Å². The van der Waals surface area contributed by atoms with Crippen LogP contribution in [0.1, 0.15) is 30.1 Å². The number of nitrogens with one attached hydrogen (secondary N) is 2. The number of carbonyl (C=O) groups is 1. The molecule has 0 saturated carbocycles. The first-order valence-corrected chi connectivity index (χ1v) is 7.23. The van der Waals surface area contributed by atoms with Crippen LogP contribution >= 0.6 is 0 Å². The molecule has 1 aromatic heterocycles. The molecule has 2 atom stereocenters. The number of hydrogen-bond donors (Lipinski definition) is 2. The molecular weight excluding hydrogens is 266 g/mol. The van der Waals surface area contributed by atoms with Crippen molar-refractivity contribution in [1.82, 2.24) is 25.4 Å². The van der Waals surface area contributed by atoms with E-state index in [1.807, 2.05) is 24.3 Å². The first-order chi connectivity index (χ1) is 10.2. The number of carbonyl (C=O) groups excluding carboxylic acids is 1. The van der Waals surface area contributed by atoms with Crippen LogP contribution in [0.25, 0.3) is 5.69 Å². The van der Waals surface area contributed by atoms with Gasteiger partial charge < -0.3 is 10.6 Å². The van der Waals surface area contributed by atoms with Crippen molar-refractivity contribution in [1.29, 1.82) is 0 Å². The lowest BCUT2D eigenvalue weighted by Crippen LogP contribution is -2.51. The van der Waals surface area contributed by atoms with Gasteiger partial charge in [0, 0.05) is 17.6 Å². The Bertz CT molecular complexity index is 610. The third-order valence-electron chi connectivity index (χ3n) is 3.87. The zero-order chi connectivity index (χ0) is 14.7. The van der Waals surface area contributed by atoms with Gasteiger partial charge in [-0.05, 0) is 44.5 Å². The molecule has 1 fully saturated rings. The minimum atomic E-state index is -0.0440. The number of rotatable bonds is 3. The summed E-state index contributed by atoms with van der Waals surface area (Å²) in [6.07, 6.45) is 5.20. The summed E-state index contributed by atoms with van der Waals surface area (Å²) in [5.41, 5.74) is 1.47. The first-order valence-electron chi connectivity index (χ1n) is 7.23. The maximum Gasteiger partial charge on any atom is 0.251 e. The van der Waals surface area contributed by atoms with E-state index in [9.17, 15) is 4.79 Å². The lowest BCUT2D eigenvalue weighted by molar-refractivity contribution is 0.0920. The van der Waals surface area contributed by atoms with E-state index in [4.69, 9.17) is 0 Å². The summed E-state index contributed by atoms with van der Waals surface area (Å²) in [4.78, 5) is 16.3. The van der Waals surface area contributed by atoms with Crippen LogP contribution in [0.3, 0.4) is 0 Å². The van der Waals surface area contributed by atoms with Crippen LogP contribution in [0.15, 0.2) is 36.9 Å². The van der Waals surface area contributed by atoms with Crippen LogP contribution in [-0.2, 0) is 0 Å². The van der Waals surface area contributed by atoms with E-state index < -0.39 is 0 Å². The summed E-state index contributed by atoms with van der Waals surface area (Å²) < 4.78 is 1.64. The minimum absolute atomic E-state index is 0.0440. The highest BCUT2D eigenvalue weighted by atomic mass is 16.1. The van der Waals surface area contributed by atoms with Gasteiger partial charge in [-0.3, -0.25) is 4.79 Å². The highest BCUT2D eigenvalue weighted by Gasteiger charge is 2.22. The highest BCUT2D eigenvalue weighted by molar-refractivity contribution is 5.95. The van der Waals surface area contributed by atoms with Gasteiger partial charge in [0.25, 0.3) is 5.91 Å². The van der Waals surface area contributed by atoms with Crippen LogP contribution in [0.5, 0.6) is 0 Å². The van der Waals surface area contributed by atoms with E-state index in [1.165, 1.54) is 6.33 Å². The first kappa shape index (κ1) is 13.8. The van der Waals surface area contributed by atoms with Crippen LogP contribution in [0.4, 0.5) is 0 Å². The van der Waals surface area contributed by atoms with Gasteiger partial charge in [-0.2, -0.15) is 5.10 Å². The van der Waals surface area contributed by atoms with Crippen molar-refractivity contribution in [2.75, 3.05) is 6.54 Å². The second kappa shape index (κ2) is 6.05. The molecule has 21 heavy (non-hydrogen) atoms. The van der Waals surface area contributed by atoms with Gasteiger partial charge >= 0.3 is 0 Å². The number of hydrogen-bond acceptors (Lipinski definition) is 4. The fraction of sp³-hybridized carbons (Fsp3) is 0.400. The second-order valence-electron chi connectivity index (χ2n) is 5.36. The molecule has 2 unspecified atom stereocenters. The van der Waals surface area contributed by atoms with Gasteiger partial charge in [0.2, 0.25) is 0 Å². The normalized spacial score (nSPS) is 22.0. The number of benzene rings is 1. The molecule has 2 aromatic rings. The molecule has 6 nitrogen and oxygen atoms in total. The topological polar surface area (TPSA) is 71.8 Å². The van der Waals surface area contributed by atoms with Crippen molar-refractivity contribution >= 4 is 5.91 Å². The smallest absolute Gasteiger partial charge is 0.251 e. The Morgan fingerprint density at radius 3 is 3.14 bits per heavy atom. The Balaban J connectivity index is 1.74. The Kier molecular flexibility index (Phi) is 3.96. The Hall–Kier alpha value is -2.21. The third kappa shape index (κ3) is 3.11. The molecule has 2 N–H and O–H groups in total. The number of aromatic nitrogens is 3. The summed E-state index contributed by atoms with van der Waals surface area (Å²) in [7, 11) is 0. The average molecular weight is 285 g/mol. The maximum atomic E-state index is 12.4. The SMILES string of the molecule is CC1NCCCC1NC(=O)c1cccc(-n2cncn2)c1. The van der Waals surface area contributed by atoms with Crippen molar-refractivity contribution in [3.05, 3.63) is 42.5 Å². The van der Waals surface area contributed by atoms with E-state index in [2.05, 4.69) is 27.6 Å². The summed E-state index contributed by atoms with van der Waals surface area (Å²) in [5.74, 6) is -0.0440. The van der Waals surface area contributed by atoms with Crippen LogP contribution < -0.4 is 10.6 Å². The van der Waals surface area contributed by atoms with Gasteiger partial charge in [0.05, 0.1) is 5.69 Å². The van der Waals surface area contributed by atoms with E-state index >= 15 is 0 Å². The summed E-state index contributed by atoms with van der Waals surface area (Å²) >= 11 is 0. The predicted octanol–water partition coefficient (Wildman–Crippen LogP) is 1.14. The molecule has 110 valence electrons. The van der Waals surface area contributed by atoms with Gasteiger partial charge in [0.1, 0.15) is 12.7 Å². The van der Waals surface area contributed by atoms with Crippen molar-refractivity contribution in [2.45, 2.75) is 31.8 Å². The predicted molar refractivity (Wildman–Crippen MR) is 79.3 cm³/mol. The van der Waals surface area contributed by atoms with Gasteiger partial charge in [0.15, 0.2) is 0 Å². The Labute approximate surface area is 123 Å². The Morgan fingerprint density at radius 1 is 1.48 bits per heavy atom. The fourth-order valence-corrected chi connectivity index (χ4v) is 2.62. The molecule has 0 aliphatic carbocycles. The third-order valence-corrected chi connectivity index (χ3v) is 3.87. The van der Waals surface area contributed by atoms with E-state index in [0.29, 0.717) is 11.6 Å². The molecule has 0 bridgehead atoms. The van der Waals surface area contributed by atoms with Crippen molar-refractivity contribution in [3.8, 4) is 5.69 Å². The number of amides is 1. The summed E-state index contributed by atoms with van der Waals surface area (Å²) in [5, 5.41) is 10.6. The van der Waals surface area contributed by atoms with E-state index in [-0.39, 0.29) is 11.9 Å². The van der Waals surface area contributed by atoms with Crippen LogP contribution in [-0.4, -0.2) is 39.3 Å². The van der Waals surface area contributed by atoms with Crippen LogP contribution in [0, 0.1) is 0 Å². The van der Waals surface area contributed by atoms with Gasteiger partial charge in [-0.1, -0.05) is 6.07 Å². The van der Waals surface area contributed by atoms with E-state index in [1.54, 1.807) is 11.0 Å². The van der Waals surface area contributed by atoms with Crippen molar-refractivity contribution < 1.29 is 4.79 Å². The number of piperidine rings is 1. The molecule has 3 rings (SSSR count). The highest BCUT2D eigenvalue weighted by Crippen LogP contribution is 2.12. The standard InChI is InChI=1S/C15H19N5O/c1-11-14(6-3-7-17-11)19-15(21)12-4-2-5-13(8-12)20-10-16-9-18-20/h2,4-5,8-11,14,17H,3,6-7H2,1H3,(H,19,21). The monoisotopic (exact) mass is 285 g/mol. The largest absolute Gasteiger partial charge is 0.348 e. The quantitative estimate of drug-likeness (QED) is 0.887. The zero-order valence-electron chi connectivity index (χ0n) is 12.0. The van der Waals surface area contributed by atoms with Crippen LogP contribution in [0.2, 0.25) is 0 Å². The molecule has 1 amide bonds. The Morgan fingerprint density at radius 2 is 2.38 bits per heavy atom. The minimum Gasteiger partial charge on any atom is -0.348 e. The molecule has 1 aliphatic heterocycles. The average Bonchev–Trinajstić information content (AvgIpc) is 3.04. The van der Waals surface area contributed by atoms with Crippen molar-refractivity contribution in [3.63, 3.8) is 0 Å². The summed E-state index contributed by atoms with van der Waals surface area (Å²) in [6, 6.07) is 7.88. The number of nitrogens with zero attached hydrogens (tertiary/aromatic N) is 3. The molecule has 2 heterocycles. The summed E-state index contributed by atoms with van der Waals surface area (Å²) in [6.45, 7) is 3.13. The van der Waals surface area contributed by atoms with Gasteiger partial charge in [-0.25, -0.2) is 9.67 Å².